The van der Waals surface area contributed by atoms with Gasteiger partial charge >= 0.3 is 13.7 Å². The number of carbonyl (C=O) groups is 1. The Bertz CT molecular complexity index is 662. The van der Waals surface area contributed by atoms with E-state index in [4.69, 9.17) is 9.79 Å². The molecule has 1 fully saturated rings. The summed E-state index contributed by atoms with van der Waals surface area (Å²) >= 11 is 0. The molecule has 0 aromatic heterocycles. The molecule has 6 N–H and O–H groups in total. The summed E-state index contributed by atoms with van der Waals surface area (Å²) in [4.78, 5) is 34.1. The molecule has 0 aliphatic carbocycles. The maximum Gasteiger partial charge on any atom is 0.437 e. The fourth-order valence-corrected chi connectivity index (χ4v) is 2.68. The van der Waals surface area contributed by atoms with E-state index in [-0.39, 0.29) is 0 Å². The van der Waals surface area contributed by atoms with E-state index in [2.05, 4.69) is 20.0 Å². The summed E-state index contributed by atoms with van der Waals surface area (Å²) in [5.41, 5.74) is 0.386. The number of benzene rings is 1. The van der Waals surface area contributed by atoms with Crippen LogP contribution in [0.4, 0.5) is 10.5 Å². The molecule has 1 aromatic carbocycles. The lowest BCUT2D eigenvalue weighted by molar-refractivity contribution is -0.102. The molecule has 1 aromatic rings. The molecule has 1 amide bonds. The van der Waals surface area contributed by atoms with Gasteiger partial charge in [0.1, 0.15) is 12.2 Å². The summed E-state index contributed by atoms with van der Waals surface area (Å²) in [5.74, 6) is -3.01. The van der Waals surface area contributed by atoms with Crippen molar-refractivity contribution in [2.45, 2.75) is 24.2 Å². The molecule has 4 atom stereocenters. The van der Waals surface area contributed by atoms with Crippen molar-refractivity contribution in [1.29, 1.82) is 0 Å². The van der Waals surface area contributed by atoms with E-state index in [1.165, 1.54) is 0 Å². The predicted molar refractivity (Wildman–Crippen MR) is 78.9 cm³/mol. The van der Waals surface area contributed by atoms with Gasteiger partial charge in [0.05, 0.1) is 0 Å². The standard InChI is InChI=1S/C12H15N2O9P/c15-7-8(16)10(22-11(9(7)17)24(19,20)21)14-23-12(18)13-6-4-2-1-3-5-6/h1-5,7-9,11,15-17H,(H,13,18)(H2,19,20,21)/b14-10-/t7-,8-,9+,11-/m1/s1. The van der Waals surface area contributed by atoms with Crippen LogP contribution in [0, 0.1) is 0 Å². The molecular weight excluding hydrogens is 347 g/mol. The summed E-state index contributed by atoms with van der Waals surface area (Å²) in [6.07, 6.45) is -7.06. The van der Waals surface area contributed by atoms with Crippen molar-refractivity contribution in [3.05, 3.63) is 30.3 Å². The number of hydrogen-bond donors (Lipinski definition) is 6. The van der Waals surface area contributed by atoms with Crippen LogP contribution in [0.3, 0.4) is 0 Å². The smallest absolute Gasteiger partial charge is 0.437 e. The zero-order valence-electron chi connectivity index (χ0n) is 12.0. The Morgan fingerprint density at radius 3 is 2.38 bits per heavy atom. The van der Waals surface area contributed by atoms with Crippen molar-refractivity contribution < 1.29 is 44.0 Å². The highest BCUT2D eigenvalue weighted by atomic mass is 31.2. The Kier molecular flexibility index (Phi) is 5.54. The zero-order chi connectivity index (χ0) is 17.9. The number of hydrogen-bond acceptors (Lipinski definition) is 8. The van der Waals surface area contributed by atoms with E-state index in [1.54, 1.807) is 30.3 Å². The van der Waals surface area contributed by atoms with Crippen LogP contribution in [-0.4, -0.2) is 61.3 Å². The van der Waals surface area contributed by atoms with Gasteiger partial charge in [-0.2, -0.15) is 0 Å². The zero-order valence-corrected chi connectivity index (χ0v) is 12.9. The number of carbonyl (C=O) groups excluding carboxylic acids is 1. The highest BCUT2D eigenvalue weighted by Crippen LogP contribution is 2.46. The van der Waals surface area contributed by atoms with E-state index in [1.807, 2.05) is 0 Å². The van der Waals surface area contributed by atoms with Crippen LogP contribution < -0.4 is 5.32 Å². The van der Waals surface area contributed by atoms with Crippen LogP contribution in [0.15, 0.2) is 35.5 Å². The van der Waals surface area contributed by atoms with Crippen LogP contribution >= 0.6 is 7.60 Å². The third-order valence-electron chi connectivity index (χ3n) is 3.03. The summed E-state index contributed by atoms with van der Waals surface area (Å²) in [7, 11) is -4.98. The SMILES string of the molecule is O=C(Nc1ccccc1)O/N=C1\O[C@H](P(=O)(O)O)[C@@H](O)[C@H](O)[C@H]1O. The molecule has 0 radical (unpaired) electrons. The minimum atomic E-state index is -4.98. The second-order valence-corrected chi connectivity index (χ2v) is 6.51. The van der Waals surface area contributed by atoms with Gasteiger partial charge in [0.25, 0.3) is 5.90 Å². The summed E-state index contributed by atoms with van der Waals surface area (Å²) < 4.78 is 15.9. The number of oxime groups is 1. The number of anilines is 1. The van der Waals surface area contributed by atoms with Gasteiger partial charge in [0.15, 0.2) is 6.10 Å². The monoisotopic (exact) mass is 362 g/mol. The average molecular weight is 362 g/mol. The molecule has 0 saturated carbocycles. The van der Waals surface area contributed by atoms with Gasteiger partial charge in [-0.25, -0.2) is 4.79 Å². The number of amides is 1. The highest BCUT2D eigenvalue weighted by Gasteiger charge is 2.50. The molecule has 1 heterocycles. The quantitative estimate of drug-likeness (QED) is 0.227. The van der Waals surface area contributed by atoms with Crippen molar-refractivity contribution in [2.24, 2.45) is 5.16 Å². The lowest BCUT2D eigenvalue weighted by Gasteiger charge is -2.35. The number of ether oxygens (including phenoxy) is 1. The molecule has 24 heavy (non-hydrogen) atoms. The van der Waals surface area contributed by atoms with Gasteiger partial charge < -0.3 is 29.8 Å². The largest absolute Gasteiger partial charge is 0.457 e. The lowest BCUT2D eigenvalue weighted by Crippen LogP contribution is -2.55. The highest BCUT2D eigenvalue weighted by molar-refractivity contribution is 7.52. The number of rotatable bonds is 3. The molecular formula is C12H15N2O9P. The van der Waals surface area contributed by atoms with E-state index < -0.39 is 43.7 Å². The maximum atomic E-state index is 11.5. The van der Waals surface area contributed by atoms with Crippen LogP contribution in [0.25, 0.3) is 0 Å². The first-order valence-electron chi connectivity index (χ1n) is 6.57. The van der Waals surface area contributed by atoms with Gasteiger partial charge in [-0.05, 0) is 17.3 Å². The fraction of sp³-hybridized carbons (Fsp3) is 0.333. The Morgan fingerprint density at radius 1 is 1.17 bits per heavy atom. The van der Waals surface area contributed by atoms with Crippen molar-refractivity contribution in [3.8, 4) is 0 Å². The topological polar surface area (TPSA) is 178 Å². The van der Waals surface area contributed by atoms with Crippen molar-refractivity contribution in [1.82, 2.24) is 0 Å². The molecule has 1 saturated heterocycles. The van der Waals surface area contributed by atoms with Crippen molar-refractivity contribution >= 4 is 25.3 Å². The van der Waals surface area contributed by atoms with Crippen molar-refractivity contribution in [3.63, 3.8) is 0 Å². The molecule has 11 nitrogen and oxygen atoms in total. The molecule has 0 bridgehead atoms. The average Bonchev–Trinajstić information content (AvgIpc) is 2.51. The minimum absolute atomic E-state index is 0.386. The first-order valence-corrected chi connectivity index (χ1v) is 8.25. The Balaban J connectivity index is 2.07. The van der Waals surface area contributed by atoms with Crippen LogP contribution in [0.2, 0.25) is 0 Å². The maximum absolute atomic E-state index is 11.5. The van der Waals surface area contributed by atoms with Gasteiger partial charge in [0.2, 0.25) is 5.85 Å². The number of nitrogens with zero attached hydrogens (tertiary/aromatic N) is 1. The molecule has 132 valence electrons. The molecule has 1 aliphatic heterocycles. The number of aliphatic hydroxyl groups is 3. The van der Waals surface area contributed by atoms with Gasteiger partial charge in [-0.15, -0.1) is 0 Å². The molecule has 1 aliphatic rings. The number of aliphatic hydroxyl groups excluding tert-OH is 3. The summed E-state index contributed by atoms with van der Waals surface area (Å²) in [6.45, 7) is 0. The van der Waals surface area contributed by atoms with E-state index in [0.29, 0.717) is 5.69 Å². The molecule has 0 spiro atoms. The predicted octanol–water partition coefficient (Wildman–Crippen LogP) is -0.835. The van der Waals surface area contributed by atoms with Crippen LogP contribution in [0.1, 0.15) is 0 Å². The van der Waals surface area contributed by atoms with E-state index in [9.17, 15) is 24.7 Å². The van der Waals surface area contributed by atoms with Crippen molar-refractivity contribution in [2.75, 3.05) is 5.32 Å². The molecule has 0 unspecified atom stereocenters. The Morgan fingerprint density at radius 2 is 1.79 bits per heavy atom. The fourth-order valence-electron chi connectivity index (χ4n) is 1.86. The summed E-state index contributed by atoms with van der Waals surface area (Å²) in [6, 6.07) is 8.14. The van der Waals surface area contributed by atoms with Gasteiger partial charge in [-0.3, -0.25) is 14.7 Å². The Hall–Kier alpha value is -2.01. The molecule has 2 rings (SSSR count). The van der Waals surface area contributed by atoms with E-state index >= 15 is 0 Å². The second kappa shape index (κ2) is 7.26. The number of para-hydroxylation sites is 1. The van der Waals surface area contributed by atoms with E-state index in [0.717, 1.165) is 0 Å². The first-order chi connectivity index (χ1) is 11.2. The van der Waals surface area contributed by atoms with Crippen LogP contribution in [0.5, 0.6) is 0 Å². The summed E-state index contributed by atoms with van der Waals surface area (Å²) in [5, 5.41) is 34.2. The third kappa shape index (κ3) is 4.29. The first kappa shape index (κ1) is 18.3. The minimum Gasteiger partial charge on any atom is -0.457 e. The van der Waals surface area contributed by atoms with Gasteiger partial charge in [0, 0.05) is 5.69 Å². The molecule has 12 heteroatoms. The van der Waals surface area contributed by atoms with Gasteiger partial charge in [-0.1, -0.05) is 18.2 Å². The lowest BCUT2D eigenvalue weighted by atomic mass is 10.1. The normalized spacial score (nSPS) is 29.0. The second-order valence-electron chi connectivity index (χ2n) is 4.82. The Labute approximate surface area is 135 Å². The number of nitrogens with one attached hydrogen (secondary N) is 1. The van der Waals surface area contributed by atoms with Crippen LogP contribution in [-0.2, 0) is 14.1 Å². The third-order valence-corrected chi connectivity index (χ3v) is 4.10.